The largest absolute Gasteiger partial charge is 0.0622 e. The Balaban J connectivity index is 1.56. The summed E-state index contributed by atoms with van der Waals surface area (Å²) in [5, 5.41) is 11.5. The van der Waals surface area contributed by atoms with Crippen molar-refractivity contribution in [2.24, 2.45) is 0 Å². The van der Waals surface area contributed by atoms with Crippen LogP contribution in [0.3, 0.4) is 0 Å². The van der Waals surface area contributed by atoms with Crippen LogP contribution in [-0.2, 0) is 0 Å². The van der Waals surface area contributed by atoms with Gasteiger partial charge in [0.15, 0.2) is 0 Å². The van der Waals surface area contributed by atoms with E-state index in [0.29, 0.717) is 5.66 Å². The summed E-state index contributed by atoms with van der Waals surface area (Å²) in [5.74, 6) is 0. The minimum absolute atomic E-state index is 0.481. The molecule has 0 saturated heterocycles. The van der Waals surface area contributed by atoms with Crippen LogP contribution in [0.2, 0.25) is 0 Å². The molecule has 0 aliphatic heterocycles. The zero-order chi connectivity index (χ0) is 28.7. The van der Waals surface area contributed by atoms with Gasteiger partial charge in [-0.05, 0) is 71.9 Å². The van der Waals surface area contributed by atoms with Crippen LogP contribution in [0.5, 0.6) is 0 Å². The molecule has 0 saturated carbocycles. The van der Waals surface area contributed by atoms with E-state index in [9.17, 15) is 0 Å². The average Bonchev–Trinajstić information content (AvgIpc) is 3.05. The van der Waals surface area contributed by atoms with E-state index < -0.39 is 23.8 Å². The quantitative estimate of drug-likeness (QED) is 0.157. The zero-order valence-corrected chi connectivity index (χ0v) is 26.8. The Hall–Kier alpha value is -3.39. The second kappa shape index (κ2) is 13.7. The van der Waals surface area contributed by atoms with Gasteiger partial charge in [-0.3, -0.25) is 0 Å². The smallest absolute Gasteiger partial charge is 0.00707 e. The molecule has 0 fully saturated rings. The summed E-state index contributed by atoms with van der Waals surface area (Å²) < 4.78 is 0. The fourth-order valence-electron chi connectivity index (χ4n) is 5.56. The molecule has 0 bridgehead atoms. The fraction of sp³-hybridized carbons (Fsp3) is 0.0769. The molecular formula is C39H35P3. The lowest BCUT2D eigenvalue weighted by Crippen LogP contribution is -2.38. The Morgan fingerprint density at radius 3 is 0.810 bits per heavy atom. The Kier molecular flexibility index (Phi) is 9.38. The molecule has 42 heavy (non-hydrogen) atoms. The van der Waals surface area contributed by atoms with Crippen molar-refractivity contribution >= 4 is 66.2 Å². The minimum atomic E-state index is -0.705. The van der Waals surface area contributed by atoms with E-state index in [2.05, 4.69) is 184 Å². The third-order valence-electron chi connectivity index (χ3n) is 7.34. The van der Waals surface area contributed by atoms with E-state index in [1.165, 1.54) is 42.4 Å². The highest BCUT2D eigenvalue weighted by molar-refractivity contribution is 7.85. The number of rotatable bonds is 9. The predicted octanol–water partition coefficient (Wildman–Crippen LogP) is 7.04. The molecule has 0 amide bonds. The molecule has 0 aliphatic rings. The predicted molar refractivity (Wildman–Crippen MR) is 192 cm³/mol. The highest BCUT2D eigenvalue weighted by Crippen LogP contribution is 2.44. The number of hydrogen-bond acceptors (Lipinski definition) is 0. The molecule has 0 nitrogen and oxygen atoms in total. The van der Waals surface area contributed by atoms with E-state index in [1.54, 1.807) is 0 Å². The van der Waals surface area contributed by atoms with Gasteiger partial charge < -0.3 is 0 Å². The Labute approximate surface area is 254 Å². The summed E-state index contributed by atoms with van der Waals surface area (Å²) >= 11 is 0. The van der Waals surface area contributed by atoms with Gasteiger partial charge in [0.05, 0.1) is 0 Å². The first-order valence-electron chi connectivity index (χ1n) is 14.5. The van der Waals surface area contributed by atoms with Gasteiger partial charge in [-0.2, -0.15) is 0 Å². The van der Waals surface area contributed by atoms with E-state index >= 15 is 0 Å². The van der Waals surface area contributed by atoms with E-state index in [1.807, 2.05) is 0 Å². The van der Waals surface area contributed by atoms with Crippen molar-refractivity contribution in [3.8, 4) is 0 Å². The van der Waals surface area contributed by atoms with Crippen molar-refractivity contribution < 1.29 is 0 Å². The molecule has 6 rings (SSSR count). The van der Waals surface area contributed by atoms with Crippen LogP contribution in [-0.4, -0.2) is 5.66 Å². The molecule has 0 radical (unpaired) electrons. The van der Waals surface area contributed by atoms with Gasteiger partial charge in [-0.25, -0.2) is 0 Å². The Morgan fingerprint density at radius 2 is 0.548 bits per heavy atom. The third kappa shape index (κ3) is 6.19. The van der Waals surface area contributed by atoms with Gasteiger partial charge in [-0.15, -0.1) is 0 Å². The summed E-state index contributed by atoms with van der Waals surface area (Å²) in [4.78, 5) is 0. The maximum Gasteiger partial charge on any atom is -0.00707 e. The average molecular weight is 597 g/mol. The molecule has 0 heterocycles. The lowest BCUT2D eigenvalue weighted by atomic mass is 10.3. The van der Waals surface area contributed by atoms with Crippen molar-refractivity contribution in [2.45, 2.75) is 19.5 Å². The lowest BCUT2D eigenvalue weighted by molar-refractivity contribution is 1.10. The summed E-state index contributed by atoms with van der Waals surface area (Å²) in [6.45, 7) is 4.83. The normalized spacial score (nSPS) is 11.5. The molecule has 0 N–H and O–H groups in total. The molecule has 0 aliphatic carbocycles. The van der Waals surface area contributed by atoms with Crippen LogP contribution in [0.25, 0.3) is 0 Å². The van der Waals surface area contributed by atoms with Crippen LogP contribution in [0.4, 0.5) is 0 Å². The second-order valence-electron chi connectivity index (χ2n) is 10.5. The highest BCUT2D eigenvalue weighted by Gasteiger charge is 2.29. The molecule has 3 heteroatoms. The third-order valence-corrected chi connectivity index (χ3v) is 15.5. The molecule has 206 valence electrons. The molecule has 6 aromatic carbocycles. The standard InChI is InChI=1S/C39H35P3/c1-31(2)40(36-27-15-17-29-38(36)41(32-19-7-3-8-20-32)33-21-9-4-10-22-33)37-28-16-18-30-39(37)42(34-23-11-5-12-24-34)35-25-13-6-14-26-35/h3-31H,1-2H3. The molecule has 6 aromatic rings. The van der Waals surface area contributed by atoms with Crippen molar-refractivity contribution in [3.05, 3.63) is 170 Å². The number of hydrogen-bond donors (Lipinski definition) is 0. The molecule has 0 aromatic heterocycles. The maximum atomic E-state index is 2.42. The van der Waals surface area contributed by atoms with Crippen LogP contribution >= 0.6 is 23.8 Å². The van der Waals surface area contributed by atoms with Crippen molar-refractivity contribution in [1.82, 2.24) is 0 Å². The molecule has 0 spiro atoms. The first-order chi connectivity index (χ1) is 20.7. The summed E-state index contributed by atoms with van der Waals surface area (Å²) in [7, 11) is -2.06. The monoisotopic (exact) mass is 596 g/mol. The first kappa shape index (κ1) is 28.7. The summed E-state index contributed by atoms with van der Waals surface area (Å²) in [5.41, 5.74) is 0.481. The van der Waals surface area contributed by atoms with E-state index in [0.717, 1.165) is 0 Å². The van der Waals surface area contributed by atoms with Crippen LogP contribution in [0.1, 0.15) is 13.8 Å². The molecule has 0 unspecified atom stereocenters. The van der Waals surface area contributed by atoms with Gasteiger partial charge >= 0.3 is 0 Å². The van der Waals surface area contributed by atoms with Gasteiger partial charge in [0.2, 0.25) is 0 Å². The topological polar surface area (TPSA) is 0 Å². The molecule has 0 atom stereocenters. The molecular weight excluding hydrogens is 561 g/mol. The summed E-state index contributed by atoms with van der Waals surface area (Å²) in [6.07, 6.45) is 0. The fourth-order valence-corrected chi connectivity index (χ4v) is 14.0. The van der Waals surface area contributed by atoms with Crippen LogP contribution in [0.15, 0.2) is 170 Å². The van der Waals surface area contributed by atoms with Crippen molar-refractivity contribution in [1.29, 1.82) is 0 Å². The SMILES string of the molecule is CC(C)P(c1ccccc1P(c1ccccc1)c1ccccc1)c1ccccc1P(c1ccccc1)c1ccccc1. The zero-order valence-electron chi connectivity index (χ0n) is 24.1. The van der Waals surface area contributed by atoms with E-state index in [4.69, 9.17) is 0 Å². The van der Waals surface area contributed by atoms with Gasteiger partial charge in [0.1, 0.15) is 0 Å². The van der Waals surface area contributed by atoms with Gasteiger partial charge in [0.25, 0.3) is 0 Å². The number of benzene rings is 6. The van der Waals surface area contributed by atoms with Gasteiger partial charge in [-0.1, -0.05) is 184 Å². The highest BCUT2D eigenvalue weighted by atomic mass is 31.1. The summed E-state index contributed by atoms with van der Waals surface area (Å²) in [6, 6.07) is 63.1. The Bertz CT molecular complexity index is 1500. The van der Waals surface area contributed by atoms with Crippen molar-refractivity contribution in [2.75, 3.05) is 0 Å². The van der Waals surface area contributed by atoms with Crippen molar-refractivity contribution in [3.63, 3.8) is 0 Å². The lowest BCUT2D eigenvalue weighted by Gasteiger charge is -2.32. The van der Waals surface area contributed by atoms with Crippen LogP contribution in [0, 0.1) is 0 Å². The van der Waals surface area contributed by atoms with Crippen LogP contribution < -0.4 is 42.4 Å². The Morgan fingerprint density at radius 1 is 0.310 bits per heavy atom. The van der Waals surface area contributed by atoms with Gasteiger partial charge in [0, 0.05) is 0 Å². The maximum absolute atomic E-state index is 2.42. The minimum Gasteiger partial charge on any atom is -0.0622 e. The first-order valence-corrected chi connectivity index (χ1v) is 18.6. The second-order valence-corrected chi connectivity index (χ2v) is 17.6. The van der Waals surface area contributed by atoms with E-state index in [-0.39, 0.29) is 0 Å².